The van der Waals surface area contributed by atoms with Crippen molar-refractivity contribution in [2.24, 2.45) is 0 Å². The quantitative estimate of drug-likeness (QED) is 0.719. The molecule has 0 N–H and O–H groups in total. The number of hydrogen-bond acceptors (Lipinski definition) is 4. The van der Waals surface area contributed by atoms with Crippen LogP contribution in [0.4, 0.5) is 5.69 Å². The number of ether oxygens (including phenoxy) is 1. The number of carboxylic acid groups (broad SMARTS) is 1. The van der Waals surface area contributed by atoms with E-state index < -0.39 is 18.4 Å². The van der Waals surface area contributed by atoms with Crippen LogP contribution in [0.5, 0.6) is 5.75 Å². The third-order valence-electron chi connectivity index (χ3n) is 2.15. The summed E-state index contributed by atoms with van der Waals surface area (Å²) >= 11 is 5.77. The highest BCUT2D eigenvalue weighted by molar-refractivity contribution is 6.31. The van der Waals surface area contributed by atoms with Gasteiger partial charge in [0.1, 0.15) is 5.75 Å². The summed E-state index contributed by atoms with van der Waals surface area (Å²) in [6, 6.07) is 4.68. The lowest BCUT2D eigenvalue weighted by Gasteiger charge is -2.29. The fraction of sp³-hybridized carbons (Fsp3) is 0.200. The SMILES string of the molecule is O=C([O-])CN1C(=O)COc2ccc(Cl)cc21. The number of carbonyl (C=O) groups is 2. The number of hydrogen-bond donors (Lipinski definition) is 0. The van der Waals surface area contributed by atoms with Gasteiger partial charge >= 0.3 is 0 Å². The highest BCUT2D eigenvalue weighted by Crippen LogP contribution is 2.34. The average molecular weight is 241 g/mol. The number of aliphatic carboxylic acids is 1. The molecule has 5 nitrogen and oxygen atoms in total. The van der Waals surface area contributed by atoms with Crippen LogP contribution in [0, 0.1) is 0 Å². The molecule has 0 aliphatic carbocycles. The summed E-state index contributed by atoms with van der Waals surface area (Å²) in [7, 11) is 0. The highest BCUT2D eigenvalue weighted by atomic mass is 35.5. The van der Waals surface area contributed by atoms with Crippen molar-refractivity contribution >= 4 is 29.2 Å². The van der Waals surface area contributed by atoms with Crippen molar-refractivity contribution in [3.63, 3.8) is 0 Å². The van der Waals surface area contributed by atoms with Gasteiger partial charge in [-0.25, -0.2) is 0 Å². The second kappa shape index (κ2) is 4.02. The maximum atomic E-state index is 11.5. The monoisotopic (exact) mass is 240 g/mol. The van der Waals surface area contributed by atoms with Crippen LogP contribution >= 0.6 is 11.6 Å². The minimum Gasteiger partial charge on any atom is -0.548 e. The Morgan fingerprint density at radius 1 is 1.56 bits per heavy atom. The molecule has 1 aromatic rings. The minimum atomic E-state index is -1.33. The Labute approximate surface area is 96.2 Å². The molecule has 0 saturated carbocycles. The van der Waals surface area contributed by atoms with Gasteiger partial charge in [0.25, 0.3) is 5.91 Å². The molecule has 6 heteroatoms. The van der Waals surface area contributed by atoms with E-state index in [9.17, 15) is 14.7 Å². The molecule has 0 unspecified atom stereocenters. The Morgan fingerprint density at radius 3 is 3.00 bits per heavy atom. The van der Waals surface area contributed by atoms with E-state index in [0.717, 1.165) is 4.90 Å². The first-order chi connectivity index (χ1) is 7.58. The average Bonchev–Trinajstić information content (AvgIpc) is 2.22. The topological polar surface area (TPSA) is 69.7 Å². The first kappa shape index (κ1) is 10.8. The zero-order valence-corrected chi connectivity index (χ0v) is 8.86. The zero-order chi connectivity index (χ0) is 11.7. The predicted octanol–water partition coefficient (Wildman–Crippen LogP) is -0.185. The van der Waals surface area contributed by atoms with Crippen LogP contribution in [0.1, 0.15) is 0 Å². The van der Waals surface area contributed by atoms with Crippen molar-refractivity contribution in [2.75, 3.05) is 18.1 Å². The van der Waals surface area contributed by atoms with Crippen molar-refractivity contribution in [3.8, 4) is 5.75 Å². The molecule has 0 atom stereocenters. The van der Waals surface area contributed by atoms with Crippen LogP contribution in [0.3, 0.4) is 0 Å². The van der Waals surface area contributed by atoms with Crippen LogP contribution in [0.25, 0.3) is 0 Å². The third-order valence-corrected chi connectivity index (χ3v) is 2.39. The normalized spacial score (nSPS) is 14.3. The lowest BCUT2D eigenvalue weighted by molar-refractivity contribution is -0.303. The summed E-state index contributed by atoms with van der Waals surface area (Å²) in [5.41, 5.74) is 0.355. The van der Waals surface area contributed by atoms with Crippen LogP contribution < -0.4 is 14.7 Å². The number of rotatable bonds is 2. The van der Waals surface area contributed by atoms with E-state index in [2.05, 4.69) is 0 Å². The molecule has 0 spiro atoms. The van der Waals surface area contributed by atoms with Gasteiger partial charge in [-0.1, -0.05) is 11.6 Å². The molecule has 2 rings (SSSR count). The summed E-state index contributed by atoms with van der Waals surface area (Å²) in [5, 5.41) is 10.9. The molecular weight excluding hydrogens is 234 g/mol. The predicted molar refractivity (Wildman–Crippen MR) is 54.3 cm³/mol. The first-order valence-corrected chi connectivity index (χ1v) is 4.88. The molecule has 1 aromatic carbocycles. The van der Waals surface area contributed by atoms with Crippen molar-refractivity contribution in [1.29, 1.82) is 0 Å². The molecule has 1 amide bonds. The van der Waals surface area contributed by atoms with Crippen LogP contribution in [-0.4, -0.2) is 25.0 Å². The Morgan fingerprint density at radius 2 is 2.31 bits per heavy atom. The summed E-state index contributed by atoms with van der Waals surface area (Å²) in [5.74, 6) is -1.33. The number of nitrogens with zero attached hydrogens (tertiary/aromatic N) is 1. The minimum absolute atomic E-state index is 0.179. The van der Waals surface area contributed by atoms with Crippen LogP contribution in [-0.2, 0) is 9.59 Å². The molecule has 0 saturated heterocycles. The molecule has 1 aliphatic rings. The standard InChI is InChI=1S/C10H8ClNO4/c11-6-1-2-8-7(3-6)12(4-10(14)15)9(13)5-16-8/h1-3H,4-5H2,(H,14,15)/p-1. The largest absolute Gasteiger partial charge is 0.548 e. The Balaban J connectivity index is 2.42. The van der Waals surface area contributed by atoms with Crippen molar-refractivity contribution in [2.45, 2.75) is 0 Å². The van der Waals surface area contributed by atoms with Crippen LogP contribution in [0.15, 0.2) is 18.2 Å². The van der Waals surface area contributed by atoms with Gasteiger partial charge in [0, 0.05) is 5.02 Å². The molecule has 0 fully saturated rings. The molecule has 1 heterocycles. The summed E-state index contributed by atoms with van der Waals surface area (Å²) in [6.07, 6.45) is 0. The summed E-state index contributed by atoms with van der Waals surface area (Å²) < 4.78 is 5.14. The second-order valence-corrected chi connectivity index (χ2v) is 3.69. The first-order valence-electron chi connectivity index (χ1n) is 4.50. The van der Waals surface area contributed by atoms with E-state index in [4.69, 9.17) is 16.3 Å². The van der Waals surface area contributed by atoms with Crippen molar-refractivity contribution in [1.82, 2.24) is 0 Å². The highest BCUT2D eigenvalue weighted by Gasteiger charge is 2.25. The summed E-state index contributed by atoms with van der Waals surface area (Å²) in [6.45, 7) is -0.683. The molecular formula is C10H7ClNO4-. The van der Waals surface area contributed by atoms with E-state index in [1.807, 2.05) is 0 Å². The van der Waals surface area contributed by atoms with E-state index in [1.54, 1.807) is 12.1 Å². The van der Waals surface area contributed by atoms with Gasteiger partial charge in [-0.15, -0.1) is 0 Å². The summed E-state index contributed by atoms with van der Waals surface area (Å²) in [4.78, 5) is 23.1. The Hall–Kier alpha value is -1.75. The van der Waals surface area contributed by atoms with Gasteiger partial charge in [0.15, 0.2) is 6.61 Å². The lowest BCUT2D eigenvalue weighted by Crippen LogP contribution is -2.45. The number of amides is 1. The van der Waals surface area contributed by atoms with Crippen molar-refractivity contribution in [3.05, 3.63) is 23.2 Å². The zero-order valence-electron chi connectivity index (χ0n) is 8.10. The number of fused-ring (bicyclic) bond motifs is 1. The van der Waals surface area contributed by atoms with Crippen molar-refractivity contribution < 1.29 is 19.4 Å². The fourth-order valence-corrected chi connectivity index (χ4v) is 1.64. The Kier molecular flexibility index (Phi) is 2.70. The number of carbonyl (C=O) groups excluding carboxylic acids is 2. The number of anilines is 1. The number of halogens is 1. The lowest BCUT2D eigenvalue weighted by atomic mass is 10.2. The maximum absolute atomic E-state index is 11.5. The van der Waals surface area contributed by atoms with Gasteiger partial charge in [-0.3, -0.25) is 4.79 Å². The molecule has 0 radical (unpaired) electrons. The van der Waals surface area contributed by atoms with Gasteiger partial charge in [0.2, 0.25) is 0 Å². The van der Waals surface area contributed by atoms with E-state index in [-0.39, 0.29) is 6.61 Å². The number of benzene rings is 1. The molecule has 16 heavy (non-hydrogen) atoms. The number of carboxylic acids is 1. The van der Waals surface area contributed by atoms with E-state index in [1.165, 1.54) is 6.07 Å². The Bertz CT molecular complexity index is 460. The van der Waals surface area contributed by atoms with Gasteiger partial charge in [0.05, 0.1) is 18.2 Å². The van der Waals surface area contributed by atoms with Gasteiger partial charge in [-0.2, -0.15) is 0 Å². The second-order valence-electron chi connectivity index (χ2n) is 3.25. The smallest absolute Gasteiger partial charge is 0.265 e. The van der Waals surface area contributed by atoms with E-state index >= 15 is 0 Å². The molecule has 84 valence electrons. The molecule has 0 aromatic heterocycles. The fourth-order valence-electron chi connectivity index (χ4n) is 1.48. The molecule has 0 bridgehead atoms. The van der Waals surface area contributed by atoms with E-state index in [0.29, 0.717) is 16.5 Å². The van der Waals surface area contributed by atoms with Gasteiger partial charge < -0.3 is 19.5 Å². The molecule has 1 aliphatic heterocycles. The maximum Gasteiger partial charge on any atom is 0.265 e. The van der Waals surface area contributed by atoms with Gasteiger partial charge in [-0.05, 0) is 18.2 Å². The third kappa shape index (κ3) is 1.94. The van der Waals surface area contributed by atoms with Crippen LogP contribution in [0.2, 0.25) is 5.02 Å².